The average molecular weight is 404 g/mol. The zero-order valence-electron chi connectivity index (χ0n) is 16.0. The highest BCUT2D eigenvalue weighted by Crippen LogP contribution is 2.24. The lowest BCUT2D eigenvalue weighted by Crippen LogP contribution is -2.33. The fourth-order valence-electron chi connectivity index (χ4n) is 2.92. The SMILES string of the molecule is O=C(Nc1ccc(Oc2cccc(CNC(=O)C3CC=CO3)c2)cc1)c1ccco1. The van der Waals surface area contributed by atoms with Gasteiger partial charge in [0.15, 0.2) is 11.9 Å². The molecule has 0 spiro atoms. The summed E-state index contributed by atoms with van der Waals surface area (Å²) in [7, 11) is 0. The quantitative estimate of drug-likeness (QED) is 0.615. The van der Waals surface area contributed by atoms with E-state index in [1.54, 1.807) is 42.7 Å². The van der Waals surface area contributed by atoms with Crippen molar-refractivity contribution < 1.29 is 23.5 Å². The number of carbonyl (C=O) groups is 2. The highest BCUT2D eigenvalue weighted by molar-refractivity contribution is 6.02. The van der Waals surface area contributed by atoms with E-state index in [4.69, 9.17) is 13.9 Å². The van der Waals surface area contributed by atoms with E-state index >= 15 is 0 Å². The smallest absolute Gasteiger partial charge is 0.291 e. The van der Waals surface area contributed by atoms with E-state index in [9.17, 15) is 9.59 Å². The first-order valence-electron chi connectivity index (χ1n) is 9.47. The summed E-state index contributed by atoms with van der Waals surface area (Å²) in [6.45, 7) is 0.383. The Morgan fingerprint density at radius 1 is 1.03 bits per heavy atom. The van der Waals surface area contributed by atoms with Crippen LogP contribution < -0.4 is 15.4 Å². The van der Waals surface area contributed by atoms with Gasteiger partial charge in [-0.05, 0) is 60.2 Å². The predicted molar refractivity (Wildman–Crippen MR) is 110 cm³/mol. The summed E-state index contributed by atoms with van der Waals surface area (Å²) in [6, 6.07) is 17.7. The summed E-state index contributed by atoms with van der Waals surface area (Å²) in [5.41, 5.74) is 1.54. The number of rotatable bonds is 7. The molecule has 0 aliphatic carbocycles. The van der Waals surface area contributed by atoms with Gasteiger partial charge in [0.25, 0.3) is 11.8 Å². The molecule has 1 aliphatic rings. The average Bonchev–Trinajstić information content (AvgIpc) is 3.48. The molecule has 152 valence electrons. The highest BCUT2D eigenvalue weighted by Gasteiger charge is 2.20. The van der Waals surface area contributed by atoms with Gasteiger partial charge in [0.2, 0.25) is 0 Å². The predicted octanol–water partition coefficient (Wildman–Crippen LogP) is 4.24. The lowest BCUT2D eigenvalue weighted by molar-refractivity contribution is -0.128. The van der Waals surface area contributed by atoms with E-state index in [0.29, 0.717) is 30.2 Å². The Hall–Kier alpha value is -4.00. The number of ether oxygens (including phenoxy) is 2. The molecule has 0 saturated carbocycles. The van der Waals surface area contributed by atoms with Gasteiger partial charge in [0.05, 0.1) is 12.5 Å². The topological polar surface area (TPSA) is 89.8 Å². The zero-order chi connectivity index (χ0) is 20.8. The molecule has 2 amide bonds. The number of furan rings is 1. The fraction of sp³-hybridized carbons (Fsp3) is 0.130. The van der Waals surface area contributed by atoms with Gasteiger partial charge >= 0.3 is 0 Å². The van der Waals surface area contributed by atoms with E-state index < -0.39 is 6.10 Å². The molecular formula is C23H20N2O5. The Morgan fingerprint density at radius 2 is 1.90 bits per heavy atom. The Balaban J connectivity index is 1.32. The van der Waals surface area contributed by atoms with Gasteiger partial charge in [0.1, 0.15) is 11.5 Å². The van der Waals surface area contributed by atoms with Gasteiger partial charge in [-0.3, -0.25) is 9.59 Å². The second-order valence-corrected chi connectivity index (χ2v) is 6.66. The van der Waals surface area contributed by atoms with Crippen LogP contribution in [0.1, 0.15) is 22.5 Å². The van der Waals surface area contributed by atoms with Gasteiger partial charge in [-0.15, -0.1) is 0 Å². The summed E-state index contributed by atoms with van der Waals surface area (Å²) < 4.78 is 16.2. The number of hydrogen-bond donors (Lipinski definition) is 2. The van der Waals surface area contributed by atoms with E-state index in [-0.39, 0.29) is 17.6 Å². The van der Waals surface area contributed by atoms with Crippen LogP contribution >= 0.6 is 0 Å². The maximum atomic E-state index is 12.0. The lowest BCUT2D eigenvalue weighted by Gasteiger charge is -2.12. The maximum Gasteiger partial charge on any atom is 0.291 e. The molecule has 0 fully saturated rings. The Bertz CT molecular complexity index is 1030. The van der Waals surface area contributed by atoms with Gasteiger partial charge in [-0.25, -0.2) is 0 Å². The van der Waals surface area contributed by atoms with Crippen molar-refractivity contribution in [3.63, 3.8) is 0 Å². The van der Waals surface area contributed by atoms with Crippen molar-refractivity contribution in [2.24, 2.45) is 0 Å². The summed E-state index contributed by atoms with van der Waals surface area (Å²) in [6.07, 6.45) is 4.97. The van der Waals surface area contributed by atoms with Gasteiger partial charge < -0.3 is 24.5 Å². The number of nitrogens with one attached hydrogen (secondary N) is 2. The Kier molecular flexibility index (Phi) is 5.80. The number of anilines is 1. The summed E-state index contributed by atoms with van der Waals surface area (Å²) in [5.74, 6) is 1.06. The van der Waals surface area contributed by atoms with Crippen molar-refractivity contribution in [1.82, 2.24) is 5.32 Å². The van der Waals surface area contributed by atoms with Crippen molar-refractivity contribution in [3.8, 4) is 11.5 Å². The molecule has 1 aliphatic heterocycles. The summed E-state index contributed by atoms with van der Waals surface area (Å²) in [5, 5.41) is 5.61. The van der Waals surface area contributed by atoms with Crippen LogP contribution in [0, 0.1) is 0 Å². The molecule has 4 rings (SSSR count). The van der Waals surface area contributed by atoms with Crippen LogP contribution in [0.15, 0.2) is 83.7 Å². The third-order valence-electron chi connectivity index (χ3n) is 4.44. The first kappa shape index (κ1) is 19.3. The lowest BCUT2D eigenvalue weighted by atomic mass is 10.2. The maximum absolute atomic E-state index is 12.0. The van der Waals surface area contributed by atoms with Crippen molar-refractivity contribution in [2.75, 3.05) is 5.32 Å². The van der Waals surface area contributed by atoms with E-state index in [1.807, 2.05) is 30.3 Å². The van der Waals surface area contributed by atoms with Crippen LogP contribution in [-0.4, -0.2) is 17.9 Å². The number of amides is 2. The highest BCUT2D eigenvalue weighted by atomic mass is 16.5. The molecule has 0 bridgehead atoms. The first-order valence-corrected chi connectivity index (χ1v) is 9.47. The third-order valence-corrected chi connectivity index (χ3v) is 4.44. The minimum absolute atomic E-state index is 0.140. The minimum Gasteiger partial charge on any atom is -0.488 e. The van der Waals surface area contributed by atoms with Crippen molar-refractivity contribution >= 4 is 17.5 Å². The summed E-state index contributed by atoms with van der Waals surface area (Å²) in [4.78, 5) is 24.0. The van der Waals surface area contributed by atoms with Crippen molar-refractivity contribution in [2.45, 2.75) is 19.1 Å². The van der Waals surface area contributed by atoms with Crippen LogP contribution in [-0.2, 0) is 16.1 Å². The van der Waals surface area contributed by atoms with E-state index in [0.717, 1.165) is 5.56 Å². The largest absolute Gasteiger partial charge is 0.488 e. The molecule has 0 saturated heterocycles. The standard InChI is InChI=1S/C23H20N2O5/c26-22(20-6-2-12-28-20)24-15-16-4-1-5-19(14-16)30-18-10-8-17(9-11-18)25-23(27)21-7-3-13-29-21/h1-5,7-14,20H,6,15H2,(H,24,26)(H,25,27). The molecule has 1 atom stereocenters. The molecule has 0 radical (unpaired) electrons. The van der Waals surface area contributed by atoms with Crippen LogP contribution in [0.3, 0.4) is 0 Å². The minimum atomic E-state index is -0.448. The number of benzene rings is 2. The monoisotopic (exact) mass is 404 g/mol. The molecule has 30 heavy (non-hydrogen) atoms. The van der Waals surface area contributed by atoms with Crippen LogP contribution in [0.4, 0.5) is 5.69 Å². The molecule has 2 heterocycles. The van der Waals surface area contributed by atoms with E-state index in [1.165, 1.54) is 6.26 Å². The van der Waals surface area contributed by atoms with Crippen LogP contribution in [0.25, 0.3) is 0 Å². The first-order chi connectivity index (χ1) is 14.7. The fourth-order valence-corrected chi connectivity index (χ4v) is 2.92. The molecule has 3 aromatic rings. The third kappa shape index (κ3) is 4.88. The molecule has 2 aromatic carbocycles. The Morgan fingerprint density at radius 3 is 2.63 bits per heavy atom. The normalized spacial score (nSPS) is 14.7. The van der Waals surface area contributed by atoms with Crippen LogP contribution in [0.5, 0.6) is 11.5 Å². The molecular weight excluding hydrogens is 384 g/mol. The number of carbonyl (C=O) groups excluding carboxylic acids is 2. The molecule has 1 unspecified atom stereocenters. The zero-order valence-corrected chi connectivity index (χ0v) is 16.0. The van der Waals surface area contributed by atoms with Gasteiger partial charge in [-0.2, -0.15) is 0 Å². The molecule has 1 aromatic heterocycles. The van der Waals surface area contributed by atoms with Gasteiger partial charge in [0, 0.05) is 18.7 Å². The molecule has 7 heteroatoms. The second-order valence-electron chi connectivity index (χ2n) is 6.66. The Labute approximate surface area is 173 Å². The second kappa shape index (κ2) is 9.00. The van der Waals surface area contributed by atoms with E-state index in [2.05, 4.69) is 10.6 Å². The van der Waals surface area contributed by atoms with Gasteiger partial charge in [-0.1, -0.05) is 12.1 Å². The van der Waals surface area contributed by atoms with Crippen molar-refractivity contribution in [1.29, 1.82) is 0 Å². The van der Waals surface area contributed by atoms with Crippen molar-refractivity contribution in [3.05, 3.63) is 90.6 Å². The molecule has 2 N–H and O–H groups in total. The molecule has 7 nitrogen and oxygen atoms in total. The number of hydrogen-bond acceptors (Lipinski definition) is 5. The van der Waals surface area contributed by atoms with Crippen LogP contribution in [0.2, 0.25) is 0 Å². The summed E-state index contributed by atoms with van der Waals surface area (Å²) >= 11 is 0.